The first kappa shape index (κ1) is 21.3. The standard InChI is InChI=1S/C18H34O5Si/c1-7-11-18(20-4)14-16(10-13-24(18,21-5)22-6)9-8-12-23-17(19)15(2)3/h16H,2,7-14H2,1,3-6H3. The summed E-state index contributed by atoms with van der Waals surface area (Å²) in [5.74, 6) is 0.243. The van der Waals surface area contributed by atoms with Gasteiger partial charge in [-0.15, -0.1) is 0 Å². The third-order valence-electron chi connectivity index (χ3n) is 5.24. The summed E-state index contributed by atoms with van der Waals surface area (Å²) < 4.78 is 23.1. The fourth-order valence-electron chi connectivity index (χ4n) is 3.95. The van der Waals surface area contributed by atoms with Gasteiger partial charge in [0.25, 0.3) is 0 Å². The summed E-state index contributed by atoms with van der Waals surface area (Å²) >= 11 is 0. The van der Waals surface area contributed by atoms with Crippen molar-refractivity contribution in [3.63, 3.8) is 0 Å². The molecule has 2 unspecified atom stereocenters. The van der Waals surface area contributed by atoms with Gasteiger partial charge in [-0.05, 0) is 51.0 Å². The van der Waals surface area contributed by atoms with Crippen LogP contribution in [0.5, 0.6) is 0 Å². The monoisotopic (exact) mass is 358 g/mol. The molecule has 0 bridgehead atoms. The Morgan fingerprint density at radius 1 is 1.29 bits per heavy atom. The summed E-state index contributed by atoms with van der Waals surface area (Å²) in [5.41, 5.74) is 0.449. The second-order valence-corrected chi connectivity index (χ2v) is 10.5. The van der Waals surface area contributed by atoms with Gasteiger partial charge < -0.3 is 18.3 Å². The number of methoxy groups -OCH3 is 1. The number of hydrogen-bond donors (Lipinski definition) is 0. The summed E-state index contributed by atoms with van der Waals surface area (Å²) in [4.78, 5) is 11.4. The van der Waals surface area contributed by atoms with Crippen LogP contribution in [-0.4, -0.2) is 47.7 Å². The minimum Gasteiger partial charge on any atom is -0.462 e. The topological polar surface area (TPSA) is 54.0 Å². The first-order valence-corrected chi connectivity index (χ1v) is 10.9. The fraction of sp³-hybridized carbons (Fsp3) is 0.833. The zero-order valence-corrected chi connectivity index (χ0v) is 17.0. The Morgan fingerprint density at radius 2 is 1.96 bits per heavy atom. The van der Waals surface area contributed by atoms with E-state index in [0.29, 0.717) is 18.1 Å². The van der Waals surface area contributed by atoms with Crippen LogP contribution in [-0.2, 0) is 23.1 Å². The van der Waals surface area contributed by atoms with E-state index < -0.39 is 8.56 Å². The summed E-state index contributed by atoms with van der Waals surface area (Å²) in [6.07, 6.45) is 5.92. The molecule has 1 fully saturated rings. The highest BCUT2D eigenvalue weighted by Crippen LogP contribution is 2.46. The number of rotatable bonds is 10. The second-order valence-electron chi connectivity index (χ2n) is 6.78. The third kappa shape index (κ3) is 4.68. The Hall–Kier alpha value is -0.693. The maximum absolute atomic E-state index is 11.4. The van der Waals surface area contributed by atoms with E-state index in [1.807, 2.05) is 0 Å². The van der Waals surface area contributed by atoms with Crippen molar-refractivity contribution in [2.75, 3.05) is 27.9 Å². The van der Waals surface area contributed by atoms with Crippen LogP contribution in [0.1, 0.15) is 52.4 Å². The van der Waals surface area contributed by atoms with Gasteiger partial charge in [0.1, 0.15) is 5.22 Å². The van der Waals surface area contributed by atoms with E-state index in [1.54, 1.807) is 28.3 Å². The van der Waals surface area contributed by atoms with Gasteiger partial charge >= 0.3 is 14.5 Å². The highest BCUT2D eigenvalue weighted by atomic mass is 28.4. The minimum atomic E-state index is -2.37. The normalized spacial score (nSPS) is 26.1. The van der Waals surface area contributed by atoms with Crippen LogP contribution < -0.4 is 0 Å². The quantitative estimate of drug-likeness (QED) is 0.258. The number of carbonyl (C=O) groups excluding carboxylic acids is 1. The smallest absolute Gasteiger partial charge is 0.370 e. The first-order valence-electron chi connectivity index (χ1n) is 8.88. The molecule has 0 aromatic heterocycles. The second kappa shape index (κ2) is 9.70. The highest BCUT2D eigenvalue weighted by molar-refractivity contribution is 6.70. The minimum absolute atomic E-state index is 0.289. The molecule has 0 amide bonds. The van der Waals surface area contributed by atoms with Crippen LogP contribution in [0.2, 0.25) is 6.04 Å². The SMILES string of the molecule is C=C(C)C(=O)OCCCC1CC[Si](OC)(OC)C(CCC)(OC)C1. The first-order chi connectivity index (χ1) is 11.4. The van der Waals surface area contributed by atoms with Gasteiger partial charge in [-0.25, -0.2) is 4.79 Å². The summed E-state index contributed by atoms with van der Waals surface area (Å²) in [6.45, 7) is 7.89. The van der Waals surface area contributed by atoms with Gasteiger partial charge in [0.05, 0.1) is 6.61 Å². The largest absolute Gasteiger partial charge is 0.462 e. The van der Waals surface area contributed by atoms with Crippen LogP contribution in [0.25, 0.3) is 0 Å². The highest BCUT2D eigenvalue weighted by Gasteiger charge is 2.60. The predicted octanol–water partition coefficient (Wildman–Crippen LogP) is 3.76. The van der Waals surface area contributed by atoms with Crippen molar-refractivity contribution in [2.24, 2.45) is 5.92 Å². The lowest BCUT2D eigenvalue weighted by Gasteiger charge is -2.50. The molecule has 1 saturated heterocycles. The average molecular weight is 359 g/mol. The third-order valence-corrected chi connectivity index (χ3v) is 9.55. The molecular formula is C18H34O5Si. The van der Waals surface area contributed by atoms with Gasteiger partial charge in [-0.1, -0.05) is 19.9 Å². The molecule has 0 aliphatic carbocycles. The van der Waals surface area contributed by atoms with Crippen molar-refractivity contribution < 1.29 is 23.1 Å². The Balaban J connectivity index is 2.65. The molecule has 0 aromatic rings. The van der Waals surface area contributed by atoms with Gasteiger partial charge in [-0.2, -0.15) is 0 Å². The molecule has 0 spiro atoms. The molecule has 1 aliphatic rings. The molecule has 0 N–H and O–H groups in total. The van der Waals surface area contributed by atoms with Gasteiger partial charge in [-0.3, -0.25) is 0 Å². The summed E-state index contributed by atoms with van der Waals surface area (Å²) in [7, 11) is 2.93. The Labute approximate surface area is 147 Å². The maximum Gasteiger partial charge on any atom is 0.370 e. The van der Waals surface area contributed by atoms with E-state index in [9.17, 15) is 4.79 Å². The lowest BCUT2D eigenvalue weighted by Crippen LogP contribution is -2.65. The molecule has 0 saturated carbocycles. The Bertz CT molecular complexity index is 422. The van der Waals surface area contributed by atoms with Crippen LogP contribution >= 0.6 is 0 Å². The molecule has 1 aliphatic heterocycles. The van der Waals surface area contributed by atoms with E-state index in [0.717, 1.165) is 44.6 Å². The average Bonchev–Trinajstić information content (AvgIpc) is 2.59. The fourth-order valence-corrected chi connectivity index (χ4v) is 8.05. The number of ether oxygens (including phenoxy) is 2. The van der Waals surface area contributed by atoms with Gasteiger partial charge in [0, 0.05) is 26.9 Å². The van der Waals surface area contributed by atoms with Crippen LogP contribution in [0.4, 0.5) is 0 Å². The summed E-state index contributed by atoms with van der Waals surface area (Å²) in [5, 5.41) is -0.289. The summed E-state index contributed by atoms with van der Waals surface area (Å²) in [6, 6.07) is 0.948. The zero-order valence-electron chi connectivity index (χ0n) is 16.0. The van der Waals surface area contributed by atoms with Crippen LogP contribution in [0.15, 0.2) is 12.2 Å². The lowest BCUT2D eigenvalue weighted by molar-refractivity contribution is -0.139. The van der Waals surface area contributed by atoms with Crippen molar-refractivity contribution in [1.29, 1.82) is 0 Å². The van der Waals surface area contributed by atoms with Crippen LogP contribution in [0, 0.1) is 5.92 Å². The number of carbonyl (C=O) groups is 1. The van der Waals surface area contributed by atoms with Crippen LogP contribution in [0.3, 0.4) is 0 Å². The molecule has 1 rings (SSSR count). The van der Waals surface area contributed by atoms with E-state index in [-0.39, 0.29) is 11.2 Å². The molecule has 6 heteroatoms. The predicted molar refractivity (Wildman–Crippen MR) is 97.0 cm³/mol. The van der Waals surface area contributed by atoms with E-state index >= 15 is 0 Å². The molecule has 2 atom stereocenters. The molecular weight excluding hydrogens is 324 g/mol. The van der Waals surface area contributed by atoms with Crippen molar-refractivity contribution in [1.82, 2.24) is 0 Å². The molecule has 24 heavy (non-hydrogen) atoms. The van der Waals surface area contributed by atoms with Crippen molar-refractivity contribution in [2.45, 2.75) is 63.6 Å². The Morgan fingerprint density at radius 3 is 2.46 bits per heavy atom. The maximum atomic E-state index is 11.4. The van der Waals surface area contributed by atoms with E-state index in [4.69, 9.17) is 18.3 Å². The molecule has 0 aromatic carbocycles. The van der Waals surface area contributed by atoms with E-state index in [1.165, 1.54) is 0 Å². The van der Waals surface area contributed by atoms with Crippen molar-refractivity contribution >= 4 is 14.5 Å². The van der Waals surface area contributed by atoms with E-state index in [2.05, 4.69) is 13.5 Å². The number of hydrogen-bond acceptors (Lipinski definition) is 5. The zero-order chi connectivity index (χ0) is 18.2. The van der Waals surface area contributed by atoms with Crippen molar-refractivity contribution in [3.8, 4) is 0 Å². The lowest BCUT2D eigenvalue weighted by atomic mass is 9.91. The van der Waals surface area contributed by atoms with Crippen molar-refractivity contribution in [3.05, 3.63) is 12.2 Å². The number of esters is 1. The molecule has 140 valence electrons. The Kier molecular flexibility index (Phi) is 8.63. The van der Waals surface area contributed by atoms with Gasteiger partial charge in [0.15, 0.2) is 0 Å². The van der Waals surface area contributed by atoms with Gasteiger partial charge in [0.2, 0.25) is 0 Å². The molecule has 5 nitrogen and oxygen atoms in total. The molecule has 1 heterocycles. The molecule has 0 radical (unpaired) electrons.